The van der Waals surface area contributed by atoms with Crippen LogP contribution in [0.25, 0.3) is 0 Å². The molecule has 0 aromatic heterocycles. The van der Waals surface area contributed by atoms with Crippen molar-refractivity contribution in [2.75, 3.05) is 19.3 Å². The van der Waals surface area contributed by atoms with Crippen molar-refractivity contribution in [2.24, 2.45) is 4.99 Å². The van der Waals surface area contributed by atoms with Gasteiger partial charge in [0.05, 0.1) is 6.61 Å². The molecule has 0 spiro atoms. The standard InChI is InChI=1S/C18H22FN3OS.HI/c1-20-18(21-9-10-24-16-5-3-2-4-6-16)22-12-14-7-8-17(19)15(11-14)13-23;/h2-8,11,23H,9-10,12-13H2,1H3,(H2,20,21,22);1H. The van der Waals surface area contributed by atoms with Gasteiger partial charge in [-0.15, -0.1) is 35.7 Å². The van der Waals surface area contributed by atoms with Crippen molar-refractivity contribution in [1.82, 2.24) is 10.6 Å². The number of thioether (sulfide) groups is 1. The molecule has 0 saturated carbocycles. The maximum Gasteiger partial charge on any atom is 0.191 e. The Kier molecular flexibility index (Phi) is 10.5. The number of nitrogens with one attached hydrogen (secondary N) is 2. The Hall–Kier alpha value is -1.32. The van der Waals surface area contributed by atoms with E-state index in [0.29, 0.717) is 18.1 Å². The lowest BCUT2D eigenvalue weighted by Gasteiger charge is -2.12. The van der Waals surface area contributed by atoms with Crippen LogP contribution in [0, 0.1) is 5.82 Å². The highest BCUT2D eigenvalue weighted by atomic mass is 127. The molecule has 4 nitrogen and oxygen atoms in total. The van der Waals surface area contributed by atoms with Gasteiger partial charge in [-0.05, 0) is 29.8 Å². The molecule has 0 aliphatic carbocycles. The Morgan fingerprint density at radius 1 is 1.16 bits per heavy atom. The molecule has 136 valence electrons. The first-order valence-corrected chi connectivity index (χ1v) is 8.72. The molecule has 7 heteroatoms. The summed E-state index contributed by atoms with van der Waals surface area (Å²) in [6, 6.07) is 15.0. The highest BCUT2D eigenvalue weighted by Crippen LogP contribution is 2.15. The van der Waals surface area contributed by atoms with E-state index in [9.17, 15) is 4.39 Å². The van der Waals surface area contributed by atoms with Gasteiger partial charge in [-0.25, -0.2) is 4.39 Å². The third-order valence-electron chi connectivity index (χ3n) is 3.37. The summed E-state index contributed by atoms with van der Waals surface area (Å²) in [5, 5.41) is 15.5. The Labute approximate surface area is 169 Å². The van der Waals surface area contributed by atoms with E-state index in [2.05, 4.69) is 27.8 Å². The molecule has 0 aliphatic rings. The number of halogens is 2. The highest BCUT2D eigenvalue weighted by Gasteiger charge is 2.03. The Bertz CT molecular complexity index is 671. The number of aliphatic hydroxyl groups is 1. The van der Waals surface area contributed by atoms with E-state index in [1.807, 2.05) is 18.2 Å². The van der Waals surface area contributed by atoms with E-state index < -0.39 is 0 Å². The van der Waals surface area contributed by atoms with Crippen LogP contribution < -0.4 is 10.6 Å². The van der Waals surface area contributed by atoms with Crippen LogP contribution in [0.2, 0.25) is 0 Å². The molecule has 0 radical (unpaired) electrons. The zero-order chi connectivity index (χ0) is 17.2. The first-order chi connectivity index (χ1) is 11.7. The first-order valence-electron chi connectivity index (χ1n) is 7.73. The Morgan fingerprint density at radius 2 is 1.92 bits per heavy atom. The van der Waals surface area contributed by atoms with Crippen molar-refractivity contribution in [2.45, 2.75) is 18.0 Å². The fraction of sp³-hybridized carbons (Fsp3) is 0.278. The first kappa shape index (κ1) is 21.7. The quantitative estimate of drug-likeness (QED) is 0.189. The molecule has 0 amide bonds. The third-order valence-corrected chi connectivity index (χ3v) is 4.38. The fourth-order valence-electron chi connectivity index (χ4n) is 2.12. The molecule has 0 bridgehead atoms. The lowest BCUT2D eigenvalue weighted by molar-refractivity contribution is 0.275. The molecule has 2 aromatic carbocycles. The predicted octanol–water partition coefficient (Wildman–Crippen LogP) is 3.39. The molecule has 25 heavy (non-hydrogen) atoms. The molecular weight excluding hydrogens is 452 g/mol. The SMILES string of the molecule is CN=C(NCCSc1ccccc1)NCc1ccc(F)c(CO)c1.I. The number of guanidine groups is 1. The average Bonchev–Trinajstić information content (AvgIpc) is 2.63. The van der Waals surface area contributed by atoms with Gasteiger partial charge >= 0.3 is 0 Å². The van der Waals surface area contributed by atoms with Crippen molar-refractivity contribution in [3.8, 4) is 0 Å². The van der Waals surface area contributed by atoms with E-state index >= 15 is 0 Å². The van der Waals surface area contributed by atoms with E-state index in [0.717, 1.165) is 17.9 Å². The molecule has 0 unspecified atom stereocenters. The largest absolute Gasteiger partial charge is 0.392 e. The third kappa shape index (κ3) is 7.62. The maximum atomic E-state index is 13.4. The molecule has 0 saturated heterocycles. The molecule has 0 heterocycles. The minimum atomic E-state index is -0.387. The summed E-state index contributed by atoms with van der Waals surface area (Å²) in [6.45, 7) is 0.993. The molecule has 0 atom stereocenters. The Balaban J connectivity index is 0.00000312. The van der Waals surface area contributed by atoms with Crippen LogP contribution >= 0.6 is 35.7 Å². The summed E-state index contributed by atoms with van der Waals surface area (Å²) in [6.07, 6.45) is 0. The monoisotopic (exact) mass is 475 g/mol. The van der Waals surface area contributed by atoms with Crippen LogP contribution in [0.1, 0.15) is 11.1 Å². The van der Waals surface area contributed by atoms with Crippen LogP contribution in [-0.2, 0) is 13.2 Å². The van der Waals surface area contributed by atoms with Crippen LogP contribution in [-0.4, -0.2) is 30.4 Å². The second-order valence-electron chi connectivity index (χ2n) is 5.10. The fourth-order valence-corrected chi connectivity index (χ4v) is 2.91. The summed E-state index contributed by atoms with van der Waals surface area (Å²) in [5.41, 5.74) is 1.19. The lowest BCUT2D eigenvalue weighted by Crippen LogP contribution is -2.37. The summed E-state index contributed by atoms with van der Waals surface area (Å²) in [7, 11) is 1.71. The number of rotatable bonds is 7. The number of aliphatic hydroxyl groups excluding tert-OH is 1. The zero-order valence-corrected chi connectivity index (χ0v) is 17.2. The molecule has 3 N–H and O–H groups in total. The van der Waals surface area contributed by atoms with Crippen LogP contribution in [0.3, 0.4) is 0 Å². The summed E-state index contributed by atoms with van der Waals surface area (Å²) < 4.78 is 13.4. The minimum absolute atomic E-state index is 0. The van der Waals surface area contributed by atoms with Crippen molar-refractivity contribution < 1.29 is 9.50 Å². The lowest BCUT2D eigenvalue weighted by atomic mass is 10.1. The molecule has 0 fully saturated rings. The second kappa shape index (κ2) is 12.1. The summed E-state index contributed by atoms with van der Waals surface area (Å²) in [4.78, 5) is 5.41. The van der Waals surface area contributed by atoms with Crippen LogP contribution in [0.5, 0.6) is 0 Å². The van der Waals surface area contributed by atoms with E-state index in [4.69, 9.17) is 5.11 Å². The van der Waals surface area contributed by atoms with Gasteiger partial charge in [-0.1, -0.05) is 24.3 Å². The number of benzene rings is 2. The van der Waals surface area contributed by atoms with Crippen molar-refractivity contribution in [3.63, 3.8) is 0 Å². The Morgan fingerprint density at radius 3 is 2.60 bits per heavy atom. The number of nitrogens with zero attached hydrogens (tertiary/aromatic N) is 1. The maximum absolute atomic E-state index is 13.4. The number of hydrogen-bond acceptors (Lipinski definition) is 3. The predicted molar refractivity (Wildman–Crippen MR) is 113 cm³/mol. The van der Waals surface area contributed by atoms with Gasteiger partial charge in [-0.2, -0.15) is 0 Å². The van der Waals surface area contributed by atoms with Gasteiger partial charge in [0.1, 0.15) is 5.82 Å². The van der Waals surface area contributed by atoms with Crippen molar-refractivity contribution >= 4 is 41.7 Å². The van der Waals surface area contributed by atoms with Crippen LogP contribution in [0.4, 0.5) is 4.39 Å². The topological polar surface area (TPSA) is 56.7 Å². The molecule has 0 aliphatic heterocycles. The van der Waals surface area contributed by atoms with Gasteiger partial charge in [0.25, 0.3) is 0 Å². The van der Waals surface area contributed by atoms with Crippen molar-refractivity contribution in [3.05, 3.63) is 65.5 Å². The normalized spacial score (nSPS) is 10.9. The molecular formula is C18H23FIN3OS. The minimum Gasteiger partial charge on any atom is -0.392 e. The van der Waals surface area contributed by atoms with Gasteiger partial charge in [-0.3, -0.25) is 4.99 Å². The average molecular weight is 475 g/mol. The van der Waals surface area contributed by atoms with Gasteiger partial charge in [0.15, 0.2) is 5.96 Å². The van der Waals surface area contributed by atoms with E-state index in [-0.39, 0.29) is 36.4 Å². The van der Waals surface area contributed by atoms with E-state index in [1.54, 1.807) is 30.9 Å². The summed E-state index contributed by atoms with van der Waals surface area (Å²) >= 11 is 1.78. The second-order valence-corrected chi connectivity index (χ2v) is 6.27. The highest BCUT2D eigenvalue weighted by molar-refractivity contribution is 14.0. The summed E-state index contributed by atoms with van der Waals surface area (Å²) in [5.74, 6) is 1.23. The molecule has 2 aromatic rings. The zero-order valence-electron chi connectivity index (χ0n) is 14.0. The van der Waals surface area contributed by atoms with Gasteiger partial charge in [0, 0.05) is 36.3 Å². The number of hydrogen-bond donors (Lipinski definition) is 3. The molecule has 2 rings (SSSR count). The van der Waals surface area contributed by atoms with Gasteiger partial charge < -0.3 is 15.7 Å². The van der Waals surface area contributed by atoms with Gasteiger partial charge in [0.2, 0.25) is 0 Å². The smallest absolute Gasteiger partial charge is 0.191 e. The van der Waals surface area contributed by atoms with Crippen molar-refractivity contribution in [1.29, 1.82) is 0 Å². The van der Waals surface area contributed by atoms with E-state index in [1.165, 1.54) is 11.0 Å². The van der Waals surface area contributed by atoms with Crippen LogP contribution in [0.15, 0.2) is 58.4 Å². The number of aliphatic imine (C=N–C) groups is 1.